The molecule has 1 heterocycles. The highest BCUT2D eigenvalue weighted by molar-refractivity contribution is 6.21. The lowest BCUT2D eigenvalue weighted by atomic mass is 9.86. The van der Waals surface area contributed by atoms with Crippen LogP contribution in [0.25, 0.3) is 104 Å². The van der Waals surface area contributed by atoms with Gasteiger partial charge in [-0.2, -0.15) is 0 Å². The number of anilines is 3. The molecule has 1 aromatic heterocycles. The molecular formula is C64H42N2. The summed E-state index contributed by atoms with van der Waals surface area (Å²) >= 11 is 0. The maximum Gasteiger partial charge on any atom is 0.0542 e. The van der Waals surface area contributed by atoms with E-state index in [0.29, 0.717) is 0 Å². The van der Waals surface area contributed by atoms with E-state index in [0.717, 1.165) is 22.7 Å². The molecule has 13 aromatic rings. The summed E-state index contributed by atoms with van der Waals surface area (Å²) in [5.74, 6) is 0. The Hall–Kier alpha value is -8.72. The predicted molar refractivity (Wildman–Crippen MR) is 282 cm³/mol. The lowest BCUT2D eigenvalue weighted by Gasteiger charge is -2.28. The molecule has 308 valence electrons. The van der Waals surface area contributed by atoms with E-state index in [2.05, 4.69) is 264 Å². The quantitative estimate of drug-likeness (QED) is 0.145. The largest absolute Gasteiger partial charge is 0.310 e. The lowest BCUT2D eigenvalue weighted by Crippen LogP contribution is -2.10. The molecule has 0 aliphatic rings. The Morgan fingerprint density at radius 2 is 0.773 bits per heavy atom. The van der Waals surface area contributed by atoms with Crippen molar-refractivity contribution in [3.05, 3.63) is 255 Å². The number of hydrogen-bond donors (Lipinski definition) is 0. The van der Waals surface area contributed by atoms with Gasteiger partial charge in [0.2, 0.25) is 0 Å². The molecule has 12 aromatic carbocycles. The first-order valence-corrected chi connectivity index (χ1v) is 22.8. The molecule has 0 atom stereocenters. The van der Waals surface area contributed by atoms with Crippen molar-refractivity contribution in [3.8, 4) is 39.1 Å². The molecular weight excluding hydrogens is 797 g/mol. The normalized spacial score (nSPS) is 11.6. The summed E-state index contributed by atoms with van der Waals surface area (Å²) in [4.78, 5) is 2.46. The average Bonchev–Trinajstić information content (AvgIpc) is 3.72. The van der Waals surface area contributed by atoms with Gasteiger partial charge in [-0.05, 0) is 132 Å². The minimum Gasteiger partial charge on any atom is -0.310 e. The molecule has 0 fully saturated rings. The van der Waals surface area contributed by atoms with Crippen molar-refractivity contribution in [2.24, 2.45) is 0 Å². The third-order valence-electron chi connectivity index (χ3n) is 13.5. The van der Waals surface area contributed by atoms with Crippen LogP contribution in [0.2, 0.25) is 0 Å². The van der Waals surface area contributed by atoms with Gasteiger partial charge in [0, 0.05) is 33.2 Å². The number of hydrogen-bond acceptors (Lipinski definition) is 1. The maximum atomic E-state index is 2.46. The smallest absolute Gasteiger partial charge is 0.0542 e. The second-order valence-corrected chi connectivity index (χ2v) is 17.2. The Kier molecular flexibility index (Phi) is 8.89. The Morgan fingerprint density at radius 1 is 0.273 bits per heavy atom. The van der Waals surface area contributed by atoms with Crippen LogP contribution >= 0.6 is 0 Å². The number of nitrogens with zero attached hydrogens (tertiary/aromatic N) is 2. The average molecular weight is 839 g/mol. The fraction of sp³-hybridized carbons (Fsp3) is 0. The Morgan fingerprint density at radius 3 is 1.45 bits per heavy atom. The molecule has 0 radical (unpaired) electrons. The van der Waals surface area contributed by atoms with Crippen molar-refractivity contribution in [1.82, 2.24) is 4.57 Å². The molecule has 0 saturated carbocycles. The minimum absolute atomic E-state index is 1.09. The number of aromatic nitrogens is 1. The van der Waals surface area contributed by atoms with Gasteiger partial charge in [-0.15, -0.1) is 0 Å². The third kappa shape index (κ3) is 6.11. The maximum absolute atomic E-state index is 2.46. The van der Waals surface area contributed by atoms with Crippen LogP contribution in [0, 0.1) is 0 Å². The Balaban J connectivity index is 1.03. The van der Waals surface area contributed by atoms with Gasteiger partial charge in [-0.25, -0.2) is 0 Å². The number of para-hydroxylation sites is 2. The molecule has 66 heavy (non-hydrogen) atoms. The van der Waals surface area contributed by atoms with Crippen molar-refractivity contribution in [1.29, 1.82) is 0 Å². The monoisotopic (exact) mass is 838 g/mol. The van der Waals surface area contributed by atoms with Crippen LogP contribution in [0.1, 0.15) is 0 Å². The summed E-state index contributed by atoms with van der Waals surface area (Å²) in [6.45, 7) is 0. The molecule has 2 nitrogen and oxygen atoms in total. The Labute approximate surface area is 383 Å². The highest BCUT2D eigenvalue weighted by atomic mass is 15.1. The molecule has 0 N–H and O–H groups in total. The van der Waals surface area contributed by atoms with E-state index in [1.165, 1.54) is 98.3 Å². The van der Waals surface area contributed by atoms with Gasteiger partial charge in [-0.1, -0.05) is 194 Å². The topological polar surface area (TPSA) is 8.17 Å². The molecule has 0 aliphatic heterocycles. The summed E-state index contributed by atoms with van der Waals surface area (Å²) in [6, 6.07) is 93.3. The zero-order valence-electron chi connectivity index (χ0n) is 36.1. The van der Waals surface area contributed by atoms with E-state index in [-0.39, 0.29) is 0 Å². The van der Waals surface area contributed by atoms with Crippen molar-refractivity contribution in [2.45, 2.75) is 0 Å². The third-order valence-corrected chi connectivity index (χ3v) is 13.5. The first-order chi connectivity index (χ1) is 32.8. The van der Waals surface area contributed by atoms with Crippen LogP contribution in [0.3, 0.4) is 0 Å². The second kappa shape index (κ2) is 15.5. The number of fused-ring (bicyclic) bond motifs is 7. The van der Waals surface area contributed by atoms with Gasteiger partial charge < -0.3 is 9.47 Å². The highest BCUT2D eigenvalue weighted by Gasteiger charge is 2.22. The van der Waals surface area contributed by atoms with Gasteiger partial charge in [0.1, 0.15) is 0 Å². The molecule has 0 saturated heterocycles. The molecule has 2 heteroatoms. The van der Waals surface area contributed by atoms with Crippen LogP contribution in [0.15, 0.2) is 255 Å². The first kappa shape index (κ1) is 37.8. The van der Waals surface area contributed by atoms with Crippen molar-refractivity contribution in [2.75, 3.05) is 4.90 Å². The van der Waals surface area contributed by atoms with Gasteiger partial charge in [-0.3, -0.25) is 0 Å². The van der Waals surface area contributed by atoms with Gasteiger partial charge in [0.05, 0.1) is 16.7 Å². The van der Waals surface area contributed by atoms with Crippen molar-refractivity contribution in [3.63, 3.8) is 0 Å². The molecule has 0 aliphatic carbocycles. The summed E-state index contributed by atoms with van der Waals surface area (Å²) < 4.78 is 2.39. The zero-order valence-corrected chi connectivity index (χ0v) is 36.1. The lowest BCUT2D eigenvalue weighted by molar-refractivity contribution is 1.18. The standard InChI is InChI=1S/C64H42N2/c1-3-18-44(19-4-1)63-55-26-11-13-28-57(55)64(58-29-14-12-27-56(58)63)45-33-35-49(36-34-45)65(50-37-39-62-59(42-50)54-25-15-16-30-60(54)66(62)48-21-5-2-6-22-48)61-40-38-51(52-23-9-10-24-53(52)61)47-32-31-43-17-7-8-20-46(43)41-47/h1-42H. The number of rotatable bonds is 7. The van der Waals surface area contributed by atoms with Crippen LogP contribution in [0.4, 0.5) is 17.1 Å². The van der Waals surface area contributed by atoms with E-state index in [4.69, 9.17) is 0 Å². The second-order valence-electron chi connectivity index (χ2n) is 17.2. The van der Waals surface area contributed by atoms with Gasteiger partial charge in [0.25, 0.3) is 0 Å². The molecule has 0 unspecified atom stereocenters. The van der Waals surface area contributed by atoms with E-state index in [1.54, 1.807) is 0 Å². The SMILES string of the molecule is c1ccc(-c2c3ccccc3c(-c3ccc(N(c4ccc5c(c4)c4ccccc4n5-c4ccccc4)c4ccc(-c5ccc6ccccc6c5)c5ccccc45)cc3)c3ccccc23)cc1. The van der Waals surface area contributed by atoms with Gasteiger partial charge >= 0.3 is 0 Å². The van der Waals surface area contributed by atoms with Crippen LogP contribution < -0.4 is 4.90 Å². The Bertz CT molecular complexity index is 3920. The molecule has 13 rings (SSSR count). The zero-order chi connectivity index (χ0) is 43.6. The van der Waals surface area contributed by atoms with Crippen molar-refractivity contribution >= 4 is 82.0 Å². The van der Waals surface area contributed by atoms with Crippen LogP contribution in [-0.2, 0) is 0 Å². The summed E-state index contributed by atoms with van der Waals surface area (Å²) in [5, 5.41) is 12.3. The van der Waals surface area contributed by atoms with Gasteiger partial charge in [0.15, 0.2) is 0 Å². The van der Waals surface area contributed by atoms with Crippen LogP contribution in [0.5, 0.6) is 0 Å². The van der Waals surface area contributed by atoms with Crippen molar-refractivity contribution < 1.29 is 0 Å². The fourth-order valence-electron chi connectivity index (χ4n) is 10.6. The predicted octanol–water partition coefficient (Wildman–Crippen LogP) is 17.9. The highest BCUT2D eigenvalue weighted by Crippen LogP contribution is 2.47. The van der Waals surface area contributed by atoms with E-state index in [9.17, 15) is 0 Å². The summed E-state index contributed by atoms with van der Waals surface area (Å²) in [6.07, 6.45) is 0. The fourth-order valence-corrected chi connectivity index (χ4v) is 10.6. The van der Waals surface area contributed by atoms with E-state index < -0.39 is 0 Å². The van der Waals surface area contributed by atoms with E-state index >= 15 is 0 Å². The minimum atomic E-state index is 1.09. The number of benzene rings is 12. The van der Waals surface area contributed by atoms with E-state index in [1.807, 2.05) is 0 Å². The summed E-state index contributed by atoms with van der Waals surface area (Å²) in [5.41, 5.74) is 14.2. The van der Waals surface area contributed by atoms with Crippen LogP contribution in [-0.4, -0.2) is 4.57 Å². The molecule has 0 spiro atoms. The molecule has 0 amide bonds. The first-order valence-electron chi connectivity index (χ1n) is 22.8. The summed E-state index contributed by atoms with van der Waals surface area (Å²) in [7, 11) is 0. The molecule has 0 bridgehead atoms.